The predicted molar refractivity (Wildman–Crippen MR) is 214 cm³/mol. The van der Waals surface area contributed by atoms with E-state index in [-0.39, 0.29) is 42.1 Å². The maximum absolute atomic E-state index is 13.3. The summed E-state index contributed by atoms with van der Waals surface area (Å²) in [5.41, 5.74) is 5.07. The van der Waals surface area contributed by atoms with Crippen molar-refractivity contribution in [2.75, 3.05) is 60.9 Å². The molecule has 5 aliphatic rings. The number of amides is 4. The van der Waals surface area contributed by atoms with Crippen LogP contribution in [0.1, 0.15) is 72.9 Å². The number of nitriles is 1. The van der Waals surface area contributed by atoms with Crippen LogP contribution in [0.3, 0.4) is 0 Å². The molecule has 56 heavy (non-hydrogen) atoms. The lowest BCUT2D eigenvalue weighted by molar-refractivity contribution is -0.137. The number of carbonyl (C=O) groups is 4. The Balaban J connectivity index is 0.743. The molecule has 0 bridgehead atoms. The number of imide groups is 1. The summed E-state index contributed by atoms with van der Waals surface area (Å²) < 4.78 is 6.09. The van der Waals surface area contributed by atoms with Crippen LogP contribution in [-0.4, -0.2) is 91.4 Å². The Kier molecular flexibility index (Phi) is 11.2. The molecular weight excluding hydrogens is 730 g/mol. The lowest BCUT2D eigenvalue weighted by Crippen LogP contribution is -2.52. The third-order valence-electron chi connectivity index (χ3n) is 12.3. The molecule has 4 aliphatic heterocycles. The molecule has 0 aromatic heterocycles. The van der Waals surface area contributed by atoms with E-state index in [1.54, 1.807) is 23.1 Å². The van der Waals surface area contributed by atoms with Crippen LogP contribution in [0.5, 0.6) is 5.75 Å². The smallest absolute Gasteiger partial charge is 0.255 e. The minimum atomic E-state index is -0.597. The van der Waals surface area contributed by atoms with Gasteiger partial charge in [-0.25, -0.2) is 0 Å². The first-order chi connectivity index (χ1) is 27.2. The van der Waals surface area contributed by atoms with Crippen molar-refractivity contribution in [3.05, 3.63) is 82.4 Å². The lowest BCUT2D eigenvalue weighted by atomic mass is 9.86. The number of carbonyl (C=O) groups excluding carboxylic acids is 4. The molecule has 4 fully saturated rings. The first-order valence-corrected chi connectivity index (χ1v) is 20.4. The SMILES string of the molecule is N#Cc1ccc(O[C@H]2CC[C@H](C(=O)Nc3ccc(N4CCC(CN5CCN(c6ccc7c(c6)C(=O)N(C6CCC(=O)NC6=O)C7)CC5)CC4)cc3)CC2)cc1Cl. The van der Waals surface area contributed by atoms with E-state index in [1.807, 2.05) is 24.3 Å². The molecule has 2 N–H and O–H groups in total. The number of benzene rings is 3. The third-order valence-corrected chi connectivity index (χ3v) is 12.6. The van der Waals surface area contributed by atoms with Gasteiger partial charge in [-0.1, -0.05) is 17.7 Å². The van der Waals surface area contributed by atoms with Crippen molar-refractivity contribution in [3.63, 3.8) is 0 Å². The van der Waals surface area contributed by atoms with Gasteiger partial charge in [0.2, 0.25) is 17.7 Å². The molecule has 3 aromatic rings. The molecule has 0 spiro atoms. The highest BCUT2D eigenvalue weighted by Crippen LogP contribution is 2.33. The number of piperidine rings is 2. The fourth-order valence-corrected chi connectivity index (χ4v) is 9.17. The molecule has 0 radical (unpaired) electrons. The van der Waals surface area contributed by atoms with Crippen molar-refractivity contribution >= 4 is 52.3 Å². The van der Waals surface area contributed by atoms with Crippen molar-refractivity contribution in [2.24, 2.45) is 11.8 Å². The highest BCUT2D eigenvalue weighted by Gasteiger charge is 2.39. The quantitative estimate of drug-likeness (QED) is 0.267. The minimum absolute atomic E-state index is 0.0241. The molecule has 1 atom stereocenters. The zero-order valence-corrected chi connectivity index (χ0v) is 32.3. The molecule has 4 amide bonds. The number of piperazine rings is 1. The predicted octanol–water partition coefficient (Wildman–Crippen LogP) is 5.59. The van der Waals surface area contributed by atoms with Crippen LogP contribution in [0.25, 0.3) is 0 Å². The zero-order valence-electron chi connectivity index (χ0n) is 31.6. The number of hydrogen-bond donors (Lipinski definition) is 2. The van der Waals surface area contributed by atoms with Gasteiger partial charge in [-0.3, -0.25) is 29.4 Å². The summed E-state index contributed by atoms with van der Waals surface area (Å²) in [5.74, 6) is 0.516. The fraction of sp³-hybridized carbons (Fsp3) is 0.465. The average Bonchev–Trinajstić information content (AvgIpc) is 3.54. The van der Waals surface area contributed by atoms with E-state index in [0.717, 1.165) is 101 Å². The Morgan fingerprint density at radius 1 is 0.839 bits per heavy atom. The van der Waals surface area contributed by atoms with Gasteiger partial charge in [0.25, 0.3) is 5.91 Å². The van der Waals surface area contributed by atoms with Crippen molar-refractivity contribution in [1.82, 2.24) is 15.1 Å². The molecule has 1 saturated carbocycles. The van der Waals surface area contributed by atoms with Gasteiger partial charge in [-0.2, -0.15) is 5.26 Å². The van der Waals surface area contributed by atoms with E-state index in [9.17, 15) is 19.2 Å². The first-order valence-electron chi connectivity index (χ1n) is 20.0. The number of rotatable bonds is 9. The number of fused-ring (bicyclic) bond motifs is 1. The van der Waals surface area contributed by atoms with Crippen LogP contribution < -0.4 is 25.2 Å². The summed E-state index contributed by atoms with van der Waals surface area (Å²) in [6.07, 6.45) is 6.01. The fourth-order valence-electron chi connectivity index (χ4n) is 8.96. The van der Waals surface area contributed by atoms with Crippen molar-refractivity contribution < 1.29 is 23.9 Å². The maximum atomic E-state index is 13.3. The molecule has 13 heteroatoms. The topological polar surface area (TPSA) is 138 Å². The minimum Gasteiger partial charge on any atom is -0.490 e. The molecule has 1 aliphatic carbocycles. The van der Waals surface area contributed by atoms with Crippen LogP contribution in [0.15, 0.2) is 60.7 Å². The van der Waals surface area contributed by atoms with Gasteiger partial charge in [0.05, 0.1) is 16.7 Å². The molecular formula is C43H48ClN7O5. The molecule has 4 heterocycles. The van der Waals surface area contributed by atoms with E-state index < -0.39 is 6.04 Å². The Morgan fingerprint density at radius 3 is 2.25 bits per heavy atom. The van der Waals surface area contributed by atoms with Gasteiger partial charge in [0.1, 0.15) is 17.9 Å². The van der Waals surface area contributed by atoms with E-state index in [1.165, 1.54) is 5.69 Å². The molecule has 12 nitrogen and oxygen atoms in total. The summed E-state index contributed by atoms with van der Waals surface area (Å²) in [5, 5.41) is 15.0. The van der Waals surface area contributed by atoms with Gasteiger partial charge < -0.3 is 24.8 Å². The van der Waals surface area contributed by atoms with Gasteiger partial charge in [0.15, 0.2) is 0 Å². The van der Waals surface area contributed by atoms with Crippen LogP contribution in [-0.2, 0) is 20.9 Å². The molecule has 3 aromatic carbocycles. The summed E-state index contributed by atoms with van der Waals surface area (Å²) >= 11 is 6.16. The summed E-state index contributed by atoms with van der Waals surface area (Å²) in [7, 11) is 0. The standard InChI is InChI=1S/C43H48ClN7O5/c44-38-24-36(12-4-30(38)25-45)56-35-10-2-29(3-11-35)41(53)46-32-5-8-33(9-6-32)49-17-15-28(16-18-49)26-48-19-21-50(22-20-48)34-7-1-31-27-51(43(55)37(31)23-34)39-13-14-40(52)47-42(39)54/h1,4-9,12,23-24,28-29,35,39H,2-3,10-11,13-22,26-27H2,(H,46,53)(H,47,52,54)/t29-,35-,39?. The zero-order chi connectivity index (χ0) is 38.8. The van der Waals surface area contributed by atoms with Crippen LogP contribution in [0.2, 0.25) is 5.02 Å². The van der Waals surface area contributed by atoms with Crippen molar-refractivity contribution in [3.8, 4) is 11.8 Å². The second kappa shape index (κ2) is 16.5. The van der Waals surface area contributed by atoms with Crippen LogP contribution in [0, 0.1) is 23.2 Å². The largest absolute Gasteiger partial charge is 0.490 e. The van der Waals surface area contributed by atoms with E-state index in [2.05, 4.69) is 49.6 Å². The second-order valence-electron chi connectivity index (χ2n) is 15.8. The van der Waals surface area contributed by atoms with Crippen molar-refractivity contribution in [2.45, 2.75) is 70.1 Å². The van der Waals surface area contributed by atoms with Gasteiger partial charge in [-0.05, 0) is 105 Å². The van der Waals surface area contributed by atoms with E-state index in [0.29, 0.717) is 40.8 Å². The maximum Gasteiger partial charge on any atom is 0.255 e. The normalized spacial score (nSPS) is 23.4. The number of nitrogens with one attached hydrogen (secondary N) is 2. The van der Waals surface area contributed by atoms with Gasteiger partial charge >= 0.3 is 0 Å². The number of nitrogens with zero attached hydrogens (tertiary/aromatic N) is 5. The van der Waals surface area contributed by atoms with Crippen LogP contribution in [0.4, 0.5) is 17.1 Å². The summed E-state index contributed by atoms with van der Waals surface area (Å²) in [4.78, 5) is 59.4. The lowest BCUT2D eigenvalue weighted by Gasteiger charge is -2.40. The number of anilines is 3. The summed E-state index contributed by atoms with van der Waals surface area (Å²) in [6.45, 7) is 7.26. The number of halogens is 1. The number of hydrogen-bond acceptors (Lipinski definition) is 9. The van der Waals surface area contributed by atoms with Crippen LogP contribution >= 0.6 is 11.6 Å². The Bertz CT molecular complexity index is 2010. The Morgan fingerprint density at radius 2 is 1.55 bits per heavy atom. The van der Waals surface area contributed by atoms with E-state index in [4.69, 9.17) is 21.6 Å². The Labute approximate surface area is 332 Å². The van der Waals surface area contributed by atoms with Crippen molar-refractivity contribution in [1.29, 1.82) is 5.26 Å². The first kappa shape index (κ1) is 37.8. The Hall–Kier alpha value is -5.12. The highest BCUT2D eigenvalue weighted by molar-refractivity contribution is 6.31. The monoisotopic (exact) mass is 777 g/mol. The highest BCUT2D eigenvalue weighted by atomic mass is 35.5. The molecule has 8 rings (SSSR count). The molecule has 1 unspecified atom stereocenters. The molecule has 292 valence electrons. The number of ether oxygens (including phenoxy) is 1. The van der Waals surface area contributed by atoms with Gasteiger partial charge in [0, 0.05) is 93.4 Å². The van der Waals surface area contributed by atoms with Gasteiger partial charge in [-0.15, -0.1) is 0 Å². The third kappa shape index (κ3) is 8.34. The van der Waals surface area contributed by atoms with E-state index >= 15 is 0 Å². The molecule has 3 saturated heterocycles. The summed E-state index contributed by atoms with van der Waals surface area (Å²) in [6, 6.07) is 20.9. The second-order valence-corrected chi connectivity index (χ2v) is 16.2. The average molecular weight is 778 g/mol.